The highest BCUT2D eigenvalue weighted by Crippen LogP contribution is 2.35. The predicted octanol–water partition coefficient (Wildman–Crippen LogP) is 1.77. The molecule has 0 spiro atoms. The number of carbonyl (C=O) groups is 1. The molecule has 0 unspecified atom stereocenters. The molecule has 17 heavy (non-hydrogen) atoms. The Balaban J connectivity index is 2.30. The molecule has 0 atom stereocenters. The molecule has 1 saturated carbocycles. The molecule has 92 valence electrons. The maximum atomic E-state index is 12.2. The fourth-order valence-corrected chi connectivity index (χ4v) is 2.05. The van der Waals surface area contributed by atoms with Crippen molar-refractivity contribution >= 4 is 5.78 Å². The summed E-state index contributed by atoms with van der Waals surface area (Å²) in [6, 6.07) is 5.15. The van der Waals surface area contributed by atoms with Gasteiger partial charge in [-0.3, -0.25) is 4.79 Å². The number of carbonyl (C=O) groups excluding carboxylic acids is 1. The minimum atomic E-state index is -0.667. The summed E-state index contributed by atoms with van der Waals surface area (Å²) in [4.78, 5) is 12.2. The van der Waals surface area contributed by atoms with Gasteiger partial charge in [0.2, 0.25) is 0 Å². The molecule has 2 rings (SSSR count). The van der Waals surface area contributed by atoms with E-state index in [4.69, 9.17) is 15.2 Å². The normalized spacial score (nSPS) is 17.1. The van der Waals surface area contributed by atoms with Crippen molar-refractivity contribution in [2.75, 3.05) is 14.2 Å². The molecule has 0 radical (unpaired) electrons. The third kappa shape index (κ3) is 2.00. The molecule has 0 aliphatic heterocycles. The standard InChI is InChI=1S/C13H17NO3/c1-16-10-5-4-9(8-11(10)17-2)12(15)13(14)6-3-7-13/h4-5,8H,3,6-7,14H2,1-2H3. The number of hydrogen-bond donors (Lipinski definition) is 1. The molecule has 0 saturated heterocycles. The lowest BCUT2D eigenvalue weighted by atomic mass is 9.73. The molecule has 0 amide bonds. The van der Waals surface area contributed by atoms with Crippen LogP contribution in [0.25, 0.3) is 0 Å². The number of methoxy groups -OCH3 is 2. The van der Waals surface area contributed by atoms with E-state index in [0.29, 0.717) is 17.1 Å². The second-order valence-electron chi connectivity index (χ2n) is 4.41. The van der Waals surface area contributed by atoms with Crippen LogP contribution in [-0.2, 0) is 0 Å². The predicted molar refractivity (Wildman–Crippen MR) is 64.6 cm³/mol. The molecule has 1 aromatic rings. The quantitative estimate of drug-likeness (QED) is 0.808. The van der Waals surface area contributed by atoms with Crippen molar-refractivity contribution in [2.24, 2.45) is 5.73 Å². The van der Waals surface area contributed by atoms with Gasteiger partial charge in [-0.1, -0.05) is 0 Å². The van der Waals surface area contributed by atoms with E-state index in [-0.39, 0.29) is 5.78 Å². The number of nitrogens with two attached hydrogens (primary N) is 1. The lowest BCUT2D eigenvalue weighted by Crippen LogP contribution is -2.53. The van der Waals surface area contributed by atoms with Gasteiger partial charge in [-0.25, -0.2) is 0 Å². The first kappa shape index (κ1) is 11.9. The topological polar surface area (TPSA) is 61.5 Å². The van der Waals surface area contributed by atoms with E-state index in [0.717, 1.165) is 19.3 Å². The van der Waals surface area contributed by atoms with Crippen molar-refractivity contribution in [1.82, 2.24) is 0 Å². The van der Waals surface area contributed by atoms with Gasteiger partial charge in [-0.05, 0) is 37.5 Å². The highest BCUT2D eigenvalue weighted by atomic mass is 16.5. The monoisotopic (exact) mass is 235 g/mol. The summed E-state index contributed by atoms with van der Waals surface area (Å²) in [5.41, 5.74) is 5.94. The molecule has 2 N–H and O–H groups in total. The van der Waals surface area contributed by atoms with E-state index in [1.54, 1.807) is 32.4 Å². The number of ether oxygens (including phenoxy) is 2. The Bertz CT molecular complexity index is 438. The first-order valence-electron chi connectivity index (χ1n) is 5.66. The van der Waals surface area contributed by atoms with Gasteiger partial charge in [0.1, 0.15) is 0 Å². The Morgan fingerprint density at radius 3 is 2.35 bits per heavy atom. The van der Waals surface area contributed by atoms with E-state index >= 15 is 0 Å². The van der Waals surface area contributed by atoms with Gasteiger partial charge in [0, 0.05) is 5.56 Å². The van der Waals surface area contributed by atoms with Crippen molar-refractivity contribution in [3.63, 3.8) is 0 Å². The lowest BCUT2D eigenvalue weighted by molar-refractivity contribution is 0.0800. The van der Waals surface area contributed by atoms with Crippen LogP contribution in [0.3, 0.4) is 0 Å². The Labute approximate surface area is 101 Å². The van der Waals surface area contributed by atoms with Crippen molar-refractivity contribution < 1.29 is 14.3 Å². The largest absolute Gasteiger partial charge is 0.493 e. The number of ketones is 1. The van der Waals surface area contributed by atoms with Crippen LogP contribution < -0.4 is 15.2 Å². The second-order valence-corrected chi connectivity index (χ2v) is 4.41. The van der Waals surface area contributed by atoms with Gasteiger partial charge in [0.25, 0.3) is 0 Å². The van der Waals surface area contributed by atoms with Gasteiger partial charge >= 0.3 is 0 Å². The molecule has 1 aliphatic rings. The first-order valence-corrected chi connectivity index (χ1v) is 5.66. The van der Waals surface area contributed by atoms with E-state index < -0.39 is 5.54 Å². The van der Waals surface area contributed by atoms with Gasteiger partial charge in [0.15, 0.2) is 17.3 Å². The van der Waals surface area contributed by atoms with Gasteiger partial charge in [-0.2, -0.15) is 0 Å². The Morgan fingerprint density at radius 1 is 1.24 bits per heavy atom. The van der Waals surface area contributed by atoms with Crippen molar-refractivity contribution in [2.45, 2.75) is 24.8 Å². The molecular weight excluding hydrogens is 218 g/mol. The fraction of sp³-hybridized carbons (Fsp3) is 0.462. The molecule has 0 heterocycles. The molecule has 0 aromatic heterocycles. The maximum Gasteiger partial charge on any atom is 0.182 e. The minimum Gasteiger partial charge on any atom is -0.493 e. The van der Waals surface area contributed by atoms with Crippen molar-refractivity contribution in [1.29, 1.82) is 0 Å². The third-order valence-corrected chi connectivity index (χ3v) is 3.34. The van der Waals surface area contributed by atoms with Crippen LogP contribution in [0.1, 0.15) is 29.6 Å². The molecular formula is C13H17NO3. The van der Waals surface area contributed by atoms with E-state index in [9.17, 15) is 4.79 Å². The molecule has 1 fully saturated rings. The van der Waals surface area contributed by atoms with Crippen LogP contribution in [0.4, 0.5) is 0 Å². The zero-order chi connectivity index (χ0) is 12.5. The van der Waals surface area contributed by atoms with Crippen LogP contribution in [0.5, 0.6) is 11.5 Å². The highest BCUT2D eigenvalue weighted by molar-refractivity contribution is 6.04. The fourth-order valence-electron chi connectivity index (χ4n) is 2.05. The highest BCUT2D eigenvalue weighted by Gasteiger charge is 2.40. The summed E-state index contributed by atoms with van der Waals surface area (Å²) in [7, 11) is 3.11. The number of Topliss-reactive ketones (excluding diaryl/α,β-unsaturated/α-hetero) is 1. The Morgan fingerprint density at radius 2 is 1.88 bits per heavy atom. The van der Waals surface area contributed by atoms with E-state index in [2.05, 4.69) is 0 Å². The summed E-state index contributed by atoms with van der Waals surface area (Å²) < 4.78 is 10.3. The van der Waals surface area contributed by atoms with Crippen LogP contribution in [-0.4, -0.2) is 25.5 Å². The molecule has 0 bridgehead atoms. The zero-order valence-electron chi connectivity index (χ0n) is 10.2. The summed E-state index contributed by atoms with van der Waals surface area (Å²) in [5, 5.41) is 0. The Kier molecular flexibility index (Phi) is 3.07. The van der Waals surface area contributed by atoms with Gasteiger partial charge in [-0.15, -0.1) is 0 Å². The third-order valence-electron chi connectivity index (χ3n) is 3.34. The molecule has 4 nitrogen and oxygen atoms in total. The van der Waals surface area contributed by atoms with Crippen LogP contribution in [0, 0.1) is 0 Å². The molecule has 4 heteroatoms. The van der Waals surface area contributed by atoms with E-state index in [1.165, 1.54) is 0 Å². The maximum absolute atomic E-state index is 12.2. The van der Waals surface area contributed by atoms with Crippen LogP contribution in [0.2, 0.25) is 0 Å². The van der Waals surface area contributed by atoms with Crippen molar-refractivity contribution in [3.8, 4) is 11.5 Å². The van der Waals surface area contributed by atoms with Gasteiger partial charge in [0.05, 0.1) is 19.8 Å². The second kappa shape index (κ2) is 4.37. The SMILES string of the molecule is COc1ccc(C(=O)C2(N)CCC2)cc1OC. The minimum absolute atomic E-state index is 0.00953. The van der Waals surface area contributed by atoms with Crippen LogP contribution in [0.15, 0.2) is 18.2 Å². The number of hydrogen-bond acceptors (Lipinski definition) is 4. The summed E-state index contributed by atoms with van der Waals surface area (Å²) >= 11 is 0. The average molecular weight is 235 g/mol. The molecule has 1 aromatic carbocycles. The Hall–Kier alpha value is -1.55. The lowest BCUT2D eigenvalue weighted by Gasteiger charge is -2.36. The average Bonchev–Trinajstić information content (AvgIpc) is 2.34. The van der Waals surface area contributed by atoms with Crippen molar-refractivity contribution in [3.05, 3.63) is 23.8 Å². The zero-order valence-corrected chi connectivity index (χ0v) is 10.2. The van der Waals surface area contributed by atoms with E-state index in [1.807, 2.05) is 0 Å². The molecule has 1 aliphatic carbocycles. The van der Waals surface area contributed by atoms with Gasteiger partial charge < -0.3 is 15.2 Å². The summed E-state index contributed by atoms with van der Waals surface area (Å²) in [6.07, 6.45) is 2.55. The summed E-state index contributed by atoms with van der Waals surface area (Å²) in [5.74, 6) is 1.16. The first-order chi connectivity index (χ1) is 8.10. The van der Waals surface area contributed by atoms with Crippen LogP contribution >= 0.6 is 0 Å². The number of rotatable bonds is 4. The summed E-state index contributed by atoms with van der Waals surface area (Å²) in [6.45, 7) is 0. The number of benzene rings is 1. The smallest absolute Gasteiger partial charge is 0.182 e.